The summed E-state index contributed by atoms with van der Waals surface area (Å²) in [6.07, 6.45) is 9.38. The van der Waals surface area contributed by atoms with Gasteiger partial charge in [-0.15, -0.1) is 0 Å². The molecule has 2 aromatic rings. The second-order valence-electron chi connectivity index (χ2n) is 10.5. The second kappa shape index (κ2) is 8.68. The van der Waals surface area contributed by atoms with E-state index in [1.807, 2.05) is 0 Å². The predicted octanol–water partition coefficient (Wildman–Crippen LogP) is 7.12. The van der Waals surface area contributed by atoms with Crippen LogP contribution in [0.1, 0.15) is 76.8 Å². The van der Waals surface area contributed by atoms with Crippen LogP contribution in [0.3, 0.4) is 0 Å². The van der Waals surface area contributed by atoms with Crippen molar-refractivity contribution in [3.05, 3.63) is 41.5 Å². The van der Waals surface area contributed by atoms with Crippen molar-refractivity contribution >= 4 is 10.8 Å². The number of aryl methyl sites for hydroxylation is 1. The van der Waals surface area contributed by atoms with Gasteiger partial charge in [0.05, 0.1) is 6.10 Å². The lowest BCUT2D eigenvalue weighted by Crippen LogP contribution is -2.31. The van der Waals surface area contributed by atoms with Crippen LogP contribution in [0.25, 0.3) is 10.8 Å². The van der Waals surface area contributed by atoms with E-state index < -0.39 is 0 Å². The standard InChI is InChI=1S/C27H39NO/c1-20-18-26(29-22-14-12-21(13-15-22)27(2,3)4)25(19-28-16-8-5-9-17-28)24-11-7-6-10-23(20)24/h6-7,10-11,18,21-22H,5,8-9,12-17,19H2,1-4H3. The van der Waals surface area contributed by atoms with Crippen molar-refractivity contribution in [2.24, 2.45) is 11.3 Å². The molecule has 2 aromatic carbocycles. The Morgan fingerprint density at radius 2 is 1.59 bits per heavy atom. The number of nitrogens with zero attached hydrogens (tertiary/aromatic N) is 1. The summed E-state index contributed by atoms with van der Waals surface area (Å²) in [6.45, 7) is 12.9. The number of piperidine rings is 1. The summed E-state index contributed by atoms with van der Waals surface area (Å²) in [6, 6.07) is 11.2. The van der Waals surface area contributed by atoms with Gasteiger partial charge in [0, 0.05) is 12.1 Å². The van der Waals surface area contributed by atoms with Gasteiger partial charge in [-0.2, -0.15) is 0 Å². The number of likely N-dealkylation sites (tertiary alicyclic amines) is 1. The third-order valence-corrected chi connectivity index (χ3v) is 7.35. The fourth-order valence-corrected chi connectivity index (χ4v) is 5.42. The minimum Gasteiger partial charge on any atom is -0.490 e. The molecule has 1 aliphatic heterocycles. The maximum atomic E-state index is 6.75. The number of rotatable bonds is 4. The minimum atomic E-state index is 0.370. The smallest absolute Gasteiger partial charge is 0.125 e. The van der Waals surface area contributed by atoms with Crippen molar-refractivity contribution in [3.8, 4) is 5.75 Å². The molecule has 29 heavy (non-hydrogen) atoms. The van der Waals surface area contributed by atoms with Crippen LogP contribution in [0.2, 0.25) is 0 Å². The zero-order valence-corrected chi connectivity index (χ0v) is 19.0. The molecule has 2 fully saturated rings. The molecule has 2 aliphatic rings. The molecular formula is C27H39NO. The summed E-state index contributed by atoms with van der Waals surface area (Å²) in [5.74, 6) is 1.97. The monoisotopic (exact) mass is 393 g/mol. The van der Waals surface area contributed by atoms with Gasteiger partial charge in [0.2, 0.25) is 0 Å². The SMILES string of the molecule is Cc1cc(OC2CCC(C(C)(C)C)CC2)c(CN2CCCCC2)c2ccccc12. The molecule has 1 heterocycles. The van der Waals surface area contributed by atoms with E-state index in [4.69, 9.17) is 4.74 Å². The Balaban J connectivity index is 1.58. The third-order valence-electron chi connectivity index (χ3n) is 7.35. The first kappa shape index (κ1) is 20.7. The van der Waals surface area contributed by atoms with Gasteiger partial charge in [-0.1, -0.05) is 51.5 Å². The minimum absolute atomic E-state index is 0.370. The summed E-state index contributed by atoms with van der Waals surface area (Å²) in [5, 5.41) is 2.76. The van der Waals surface area contributed by atoms with Gasteiger partial charge in [0.1, 0.15) is 5.75 Å². The Bertz CT molecular complexity index is 820. The molecule has 0 atom stereocenters. The lowest BCUT2D eigenvalue weighted by molar-refractivity contribution is 0.0867. The van der Waals surface area contributed by atoms with Gasteiger partial charge in [-0.25, -0.2) is 0 Å². The Kier molecular flexibility index (Phi) is 6.20. The van der Waals surface area contributed by atoms with E-state index in [1.54, 1.807) is 0 Å². The van der Waals surface area contributed by atoms with E-state index in [1.165, 1.54) is 79.9 Å². The molecule has 2 nitrogen and oxygen atoms in total. The highest BCUT2D eigenvalue weighted by Crippen LogP contribution is 2.40. The molecule has 0 spiro atoms. The molecule has 0 aromatic heterocycles. The van der Waals surface area contributed by atoms with Crippen LogP contribution in [0.15, 0.2) is 30.3 Å². The van der Waals surface area contributed by atoms with Crippen molar-refractivity contribution in [3.63, 3.8) is 0 Å². The van der Waals surface area contributed by atoms with Gasteiger partial charge < -0.3 is 4.74 Å². The normalized spacial score (nSPS) is 24.0. The lowest BCUT2D eigenvalue weighted by atomic mass is 9.72. The average Bonchev–Trinajstić information content (AvgIpc) is 2.71. The maximum absolute atomic E-state index is 6.75. The summed E-state index contributed by atoms with van der Waals surface area (Å²) in [5.41, 5.74) is 3.16. The third kappa shape index (κ3) is 4.79. The van der Waals surface area contributed by atoms with Crippen molar-refractivity contribution < 1.29 is 4.74 Å². The van der Waals surface area contributed by atoms with Crippen LogP contribution in [0, 0.1) is 18.3 Å². The van der Waals surface area contributed by atoms with Crippen LogP contribution >= 0.6 is 0 Å². The van der Waals surface area contributed by atoms with E-state index in [0.717, 1.165) is 18.2 Å². The first-order valence-corrected chi connectivity index (χ1v) is 11.8. The number of hydrogen-bond donors (Lipinski definition) is 0. The summed E-state index contributed by atoms with van der Waals surface area (Å²) in [4.78, 5) is 2.63. The summed E-state index contributed by atoms with van der Waals surface area (Å²) in [7, 11) is 0. The number of benzene rings is 2. The Hall–Kier alpha value is -1.54. The van der Waals surface area contributed by atoms with Gasteiger partial charge >= 0.3 is 0 Å². The van der Waals surface area contributed by atoms with Gasteiger partial charge in [0.15, 0.2) is 0 Å². The van der Waals surface area contributed by atoms with Crippen molar-refractivity contribution in [2.75, 3.05) is 13.1 Å². The second-order valence-corrected chi connectivity index (χ2v) is 10.5. The van der Waals surface area contributed by atoms with Crippen LogP contribution in [-0.4, -0.2) is 24.1 Å². The Labute approximate surface area is 177 Å². The van der Waals surface area contributed by atoms with E-state index in [9.17, 15) is 0 Å². The van der Waals surface area contributed by atoms with E-state index in [2.05, 4.69) is 62.9 Å². The van der Waals surface area contributed by atoms with Gasteiger partial charge in [-0.05, 0) is 92.3 Å². The molecule has 0 radical (unpaired) electrons. The largest absolute Gasteiger partial charge is 0.490 e. The molecule has 0 amide bonds. The fraction of sp³-hybridized carbons (Fsp3) is 0.630. The van der Waals surface area contributed by atoms with E-state index >= 15 is 0 Å². The molecule has 0 bridgehead atoms. The first-order chi connectivity index (χ1) is 13.9. The zero-order chi connectivity index (χ0) is 20.4. The Morgan fingerprint density at radius 3 is 2.24 bits per heavy atom. The van der Waals surface area contributed by atoms with Gasteiger partial charge in [-0.3, -0.25) is 4.90 Å². The number of ether oxygens (including phenoxy) is 1. The van der Waals surface area contributed by atoms with E-state index in [-0.39, 0.29) is 0 Å². The molecule has 158 valence electrons. The number of fused-ring (bicyclic) bond motifs is 1. The highest BCUT2D eigenvalue weighted by molar-refractivity contribution is 5.90. The highest BCUT2D eigenvalue weighted by atomic mass is 16.5. The molecule has 1 saturated heterocycles. The van der Waals surface area contributed by atoms with Crippen molar-refractivity contribution in [1.82, 2.24) is 4.90 Å². The molecule has 1 aliphatic carbocycles. The fourth-order valence-electron chi connectivity index (χ4n) is 5.42. The maximum Gasteiger partial charge on any atom is 0.125 e. The van der Waals surface area contributed by atoms with Crippen LogP contribution in [-0.2, 0) is 6.54 Å². The van der Waals surface area contributed by atoms with E-state index in [0.29, 0.717) is 11.5 Å². The Morgan fingerprint density at radius 1 is 0.931 bits per heavy atom. The van der Waals surface area contributed by atoms with Crippen molar-refractivity contribution in [1.29, 1.82) is 0 Å². The highest BCUT2D eigenvalue weighted by Gasteiger charge is 2.31. The zero-order valence-electron chi connectivity index (χ0n) is 19.0. The number of hydrogen-bond acceptors (Lipinski definition) is 2. The predicted molar refractivity (Wildman–Crippen MR) is 124 cm³/mol. The quantitative estimate of drug-likeness (QED) is 0.548. The topological polar surface area (TPSA) is 12.5 Å². The summed E-state index contributed by atoms with van der Waals surface area (Å²) >= 11 is 0. The molecular weight excluding hydrogens is 354 g/mol. The van der Waals surface area contributed by atoms with Crippen molar-refractivity contribution in [2.45, 2.75) is 85.3 Å². The van der Waals surface area contributed by atoms with Crippen LogP contribution in [0.5, 0.6) is 5.75 Å². The molecule has 0 N–H and O–H groups in total. The van der Waals surface area contributed by atoms with Crippen LogP contribution < -0.4 is 4.74 Å². The molecule has 0 unspecified atom stereocenters. The van der Waals surface area contributed by atoms with Gasteiger partial charge in [0.25, 0.3) is 0 Å². The molecule has 1 saturated carbocycles. The van der Waals surface area contributed by atoms with Crippen LogP contribution in [0.4, 0.5) is 0 Å². The molecule has 2 heteroatoms. The average molecular weight is 394 g/mol. The first-order valence-electron chi connectivity index (χ1n) is 11.8. The molecule has 4 rings (SSSR count). The summed E-state index contributed by atoms with van der Waals surface area (Å²) < 4.78 is 6.75. The lowest BCUT2D eigenvalue weighted by Gasteiger charge is -2.37.